The zero-order valence-corrected chi connectivity index (χ0v) is 15.6. The molecule has 1 saturated heterocycles. The number of hydrogen-bond acceptors (Lipinski definition) is 4. The maximum Gasteiger partial charge on any atom is 0.307 e. The van der Waals surface area contributed by atoms with Crippen LogP contribution in [0, 0.1) is 11.8 Å². The van der Waals surface area contributed by atoms with E-state index in [4.69, 9.17) is 5.11 Å². The molecule has 1 rings (SSSR count). The number of hydrogen-bond donors (Lipinski definition) is 2. The van der Waals surface area contributed by atoms with Crippen LogP contribution in [-0.4, -0.2) is 55.2 Å². The van der Waals surface area contributed by atoms with E-state index in [0.29, 0.717) is 19.4 Å². The van der Waals surface area contributed by atoms with Crippen LogP contribution in [0.25, 0.3) is 0 Å². The minimum Gasteiger partial charge on any atom is -0.481 e. The maximum absolute atomic E-state index is 12.2. The number of likely N-dealkylation sites (tertiary alicyclic amines) is 1. The number of nitrogens with one attached hydrogen (secondary N) is 1. The average molecular weight is 362 g/mol. The highest BCUT2D eigenvalue weighted by molar-refractivity contribution is 7.89. The molecule has 2 N–H and O–H groups in total. The monoisotopic (exact) mass is 362 g/mol. The molecule has 1 amide bonds. The standard InChI is InChI=1S/C16H30N2O5S/c1-12(2)10-14(16(20)21)11-17-24(22,23)9-7-15-6-4-5-8-18(15)13(3)19/h12,14-15,17H,4-11H2,1-3H3,(H,20,21). The molecule has 1 aliphatic rings. The molecule has 1 fully saturated rings. The van der Waals surface area contributed by atoms with E-state index < -0.39 is 21.9 Å². The number of carbonyl (C=O) groups excluding carboxylic acids is 1. The third-order valence-electron chi connectivity index (χ3n) is 4.41. The Hall–Kier alpha value is -1.15. The van der Waals surface area contributed by atoms with Gasteiger partial charge in [0.1, 0.15) is 0 Å². The number of amides is 1. The summed E-state index contributed by atoms with van der Waals surface area (Å²) in [5.74, 6) is -1.63. The quantitative estimate of drug-likeness (QED) is 0.646. The molecule has 2 atom stereocenters. The van der Waals surface area contributed by atoms with Gasteiger partial charge < -0.3 is 10.0 Å². The fourth-order valence-electron chi connectivity index (χ4n) is 3.15. The van der Waals surface area contributed by atoms with Crippen molar-refractivity contribution in [1.82, 2.24) is 9.62 Å². The number of aliphatic carboxylic acids is 1. The number of rotatable bonds is 9. The molecule has 24 heavy (non-hydrogen) atoms. The van der Waals surface area contributed by atoms with E-state index in [2.05, 4.69) is 4.72 Å². The molecule has 0 aromatic heterocycles. The van der Waals surface area contributed by atoms with Crippen molar-refractivity contribution in [2.45, 2.75) is 58.9 Å². The fraction of sp³-hybridized carbons (Fsp3) is 0.875. The van der Waals surface area contributed by atoms with Gasteiger partial charge in [0.25, 0.3) is 0 Å². The van der Waals surface area contributed by atoms with Crippen LogP contribution in [-0.2, 0) is 19.6 Å². The Morgan fingerprint density at radius 2 is 1.96 bits per heavy atom. The van der Waals surface area contributed by atoms with Gasteiger partial charge in [-0.2, -0.15) is 0 Å². The highest BCUT2D eigenvalue weighted by Gasteiger charge is 2.27. The van der Waals surface area contributed by atoms with E-state index >= 15 is 0 Å². The Bertz CT molecular complexity index is 533. The van der Waals surface area contributed by atoms with Crippen molar-refractivity contribution in [1.29, 1.82) is 0 Å². The molecule has 0 aromatic rings. The van der Waals surface area contributed by atoms with Gasteiger partial charge in [0.2, 0.25) is 15.9 Å². The minimum absolute atomic E-state index is 0.0204. The molecule has 0 bridgehead atoms. The summed E-state index contributed by atoms with van der Waals surface area (Å²) in [6, 6.07) is -0.0428. The molecule has 0 aliphatic carbocycles. The van der Waals surface area contributed by atoms with Crippen molar-refractivity contribution < 1.29 is 23.1 Å². The van der Waals surface area contributed by atoms with Crippen LogP contribution >= 0.6 is 0 Å². The minimum atomic E-state index is -3.55. The van der Waals surface area contributed by atoms with Crippen LogP contribution in [0.5, 0.6) is 0 Å². The average Bonchev–Trinajstić information content (AvgIpc) is 2.49. The molecule has 7 nitrogen and oxygen atoms in total. The summed E-state index contributed by atoms with van der Waals surface area (Å²) >= 11 is 0. The zero-order chi connectivity index (χ0) is 18.3. The van der Waals surface area contributed by atoms with Crippen molar-refractivity contribution in [3.8, 4) is 0 Å². The molecule has 0 aromatic carbocycles. The lowest BCUT2D eigenvalue weighted by Gasteiger charge is -2.35. The van der Waals surface area contributed by atoms with Gasteiger partial charge in [-0.05, 0) is 38.0 Å². The molecule has 0 saturated carbocycles. The lowest BCUT2D eigenvalue weighted by molar-refractivity contribution is -0.142. The first kappa shape index (κ1) is 20.9. The van der Waals surface area contributed by atoms with Gasteiger partial charge in [-0.15, -0.1) is 0 Å². The van der Waals surface area contributed by atoms with E-state index in [1.165, 1.54) is 6.92 Å². The summed E-state index contributed by atoms with van der Waals surface area (Å²) in [6.07, 6.45) is 3.59. The topological polar surface area (TPSA) is 104 Å². The predicted octanol–water partition coefficient (Wildman–Crippen LogP) is 1.44. The normalized spacial score (nSPS) is 20.2. The number of nitrogens with zero attached hydrogens (tertiary/aromatic N) is 1. The van der Waals surface area contributed by atoms with Crippen LogP contribution in [0.15, 0.2) is 0 Å². The van der Waals surface area contributed by atoms with Crippen LogP contribution in [0.1, 0.15) is 52.9 Å². The van der Waals surface area contributed by atoms with Gasteiger partial charge in [-0.25, -0.2) is 13.1 Å². The maximum atomic E-state index is 12.2. The summed E-state index contributed by atoms with van der Waals surface area (Å²) in [7, 11) is -3.55. The highest BCUT2D eigenvalue weighted by Crippen LogP contribution is 2.20. The number of piperidine rings is 1. The summed E-state index contributed by atoms with van der Waals surface area (Å²) in [4.78, 5) is 24.6. The summed E-state index contributed by atoms with van der Waals surface area (Å²) in [5, 5.41) is 9.17. The number of carboxylic acid groups (broad SMARTS) is 1. The zero-order valence-electron chi connectivity index (χ0n) is 14.8. The Morgan fingerprint density at radius 3 is 2.50 bits per heavy atom. The van der Waals surface area contributed by atoms with Crippen molar-refractivity contribution >= 4 is 21.9 Å². The van der Waals surface area contributed by atoms with Crippen LogP contribution in [0.4, 0.5) is 0 Å². The molecule has 8 heteroatoms. The predicted molar refractivity (Wildman–Crippen MR) is 92.0 cm³/mol. The Labute approximate surface area is 144 Å². The van der Waals surface area contributed by atoms with Gasteiger partial charge in [0, 0.05) is 26.1 Å². The van der Waals surface area contributed by atoms with Crippen molar-refractivity contribution in [2.75, 3.05) is 18.8 Å². The smallest absolute Gasteiger partial charge is 0.307 e. The summed E-state index contributed by atoms with van der Waals surface area (Å²) < 4.78 is 26.7. The SMILES string of the molecule is CC(=O)N1CCCCC1CCS(=O)(=O)NCC(CC(C)C)C(=O)O. The Kier molecular flexibility index (Phi) is 8.15. The van der Waals surface area contributed by atoms with Gasteiger partial charge in [-0.3, -0.25) is 9.59 Å². The molecule has 2 unspecified atom stereocenters. The molecular weight excluding hydrogens is 332 g/mol. The summed E-state index contributed by atoms with van der Waals surface area (Å²) in [5.41, 5.74) is 0. The van der Waals surface area contributed by atoms with Crippen LogP contribution < -0.4 is 4.72 Å². The van der Waals surface area contributed by atoms with Gasteiger partial charge in [0.15, 0.2) is 0 Å². The summed E-state index contributed by atoms with van der Waals surface area (Å²) in [6.45, 7) is 5.92. The number of carboxylic acids is 1. The van der Waals surface area contributed by atoms with E-state index in [1.54, 1.807) is 4.90 Å². The van der Waals surface area contributed by atoms with Gasteiger partial charge >= 0.3 is 5.97 Å². The number of carbonyl (C=O) groups is 2. The van der Waals surface area contributed by atoms with Crippen molar-refractivity contribution in [2.24, 2.45) is 11.8 Å². The second-order valence-electron chi connectivity index (χ2n) is 6.98. The highest BCUT2D eigenvalue weighted by atomic mass is 32.2. The second kappa shape index (κ2) is 9.36. The third kappa shape index (κ3) is 7.17. The largest absolute Gasteiger partial charge is 0.481 e. The molecule has 140 valence electrons. The molecule has 0 spiro atoms. The fourth-order valence-corrected chi connectivity index (χ4v) is 4.33. The van der Waals surface area contributed by atoms with Crippen LogP contribution in [0.2, 0.25) is 0 Å². The van der Waals surface area contributed by atoms with Gasteiger partial charge in [0.05, 0.1) is 11.7 Å². The third-order valence-corrected chi connectivity index (χ3v) is 5.79. The number of sulfonamides is 1. The lowest BCUT2D eigenvalue weighted by atomic mass is 9.98. The van der Waals surface area contributed by atoms with E-state index in [1.807, 2.05) is 13.8 Å². The Morgan fingerprint density at radius 1 is 1.29 bits per heavy atom. The van der Waals surface area contributed by atoms with E-state index in [-0.39, 0.29) is 30.2 Å². The van der Waals surface area contributed by atoms with E-state index in [0.717, 1.165) is 19.3 Å². The Balaban J connectivity index is 2.53. The first-order valence-electron chi connectivity index (χ1n) is 8.59. The second-order valence-corrected chi connectivity index (χ2v) is 8.91. The molecule has 1 aliphatic heterocycles. The van der Waals surface area contributed by atoms with Crippen molar-refractivity contribution in [3.05, 3.63) is 0 Å². The molecule has 1 heterocycles. The van der Waals surface area contributed by atoms with Crippen molar-refractivity contribution in [3.63, 3.8) is 0 Å². The first-order chi connectivity index (χ1) is 11.1. The lowest BCUT2D eigenvalue weighted by Crippen LogP contribution is -2.44. The first-order valence-corrected chi connectivity index (χ1v) is 10.2. The van der Waals surface area contributed by atoms with Crippen LogP contribution in [0.3, 0.4) is 0 Å². The van der Waals surface area contributed by atoms with Gasteiger partial charge in [-0.1, -0.05) is 13.8 Å². The molecule has 0 radical (unpaired) electrons. The van der Waals surface area contributed by atoms with E-state index in [9.17, 15) is 18.0 Å². The molecular formula is C16H30N2O5S.